The van der Waals surface area contributed by atoms with Crippen molar-refractivity contribution in [2.45, 2.75) is 71.1 Å². The summed E-state index contributed by atoms with van der Waals surface area (Å²) in [5.74, 6) is -1.62. The van der Waals surface area contributed by atoms with E-state index in [-0.39, 0.29) is 12.5 Å². The number of aromatic nitrogens is 4. The molecule has 45 heavy (non-hydrogen) atoms. The van der Waals surface area contributed by atoms with E-state index in [2.05, 4.69) is 23.6 Å². The molecule has 246 valence electrons. The molecular formula is C30H37Cl2F3N6O4. The molecule has 0 amide bonds. The van der Waals surface area contributed by atoms with E-state index in [0.29, 0.717) is 27.9 Å². The van der Waals surface area contributed by atoms with Crippen LogP contribution >= 0.6 is 23.2 Å². The second kappa shape index (κ2) is 14.5. The van der Waals surface area contributed by atoms with E-state index >= 15 is 0 Å². The molecule has 4 atom stereocenters. The fraction of sp³-hybridized carbons (Fsp3) is 0.567. The van der Waals surface area contributed by atoms with Gasteiger partial charge in [0, 0.05) is 42.1 Å². The van der Waals surface area contributed by atoms with E-state index in [1.165, 1.54) is 0 Å². The second-order valence-electron chi connectivity index (χ2n) is 11.8. The number of anilines is 1. The Balaban J connectivity index is 0.000000591. The Morgan fingerprint density at radius 2 is 1.84 bits per heavy atom. The van der Waals surface area contributed by atoms with E-state index in [1.807, 2.05) is 29.9 Å². The number of alkyl halides is 3. The van der Waals surface area contributed by atoms with Gasteiger partial charge in [0.25, 0.3) is 0 Å². The molecule has 2 aromatic heterocycles. The molecule has 2 N–H and O–H groups in total. The molecule has 0 radical (unpaired) electrons. The SMILES string of the molecule is Cc1nn(C(C)c2ccc(Cl)cc2Cl)c2nc(N3CC[C@@H](N4CCC[C@@H](CCC(=O)O)C4)[C@@H](C)C3)cnc12.O=C(O)C(F)(F)F. The van der Waals surface area contributed by atoms with Crippen molar-refractivity contribution in [1.82, 2.24) is 24.6 Å². The monoisotopic (exact) mass is 672 g/mol. The number of aliphatic carboxylic acids is 2. The first kappa shape index (κ1) is 34.7. The van der Waals surface area contributed by atoms with Crippen molar-refractivity contribution in [2.75, 3.05) is 31.1 Å². The summed E-state index contributed by atoms with van der Waals surface area (Å²) >= 11 is 12.6. The minimum Gasteiger partial charge on any atom is -0.481 e. The first-order chi connectivity index (χ1) is 21.1. The van der Waals surface area contributed by atoms with Crippen LogP contribution in [0.2, 0.25) is 10.0 Å². The maximum Gasteiger partial charge on any atom is 0.490 e. The number of nitrogens with zero attached hydrogens (tertiary/aromatic N) is 6. The molecule has 15 heteroatoms. The number of aryl methyl sites for hydroxylation is 1. The molecule has 2 aliphatic heterocycles. The highest BCUT2D eigenvalue weighted by Gasteiger charge is 2.38. The summed E-state index contributed by atoms with van der Waals surface area (Å²) in [7, 11) is 0. The molecule has 2 saturated heterocycles. The number of hydrogen-bond donors (Lipinski definition) is 2. The van der Waals surface area contributed by atoms with Crippen molar-refractivity contribution < 1.29 is 33.0 Å². The van der Waals surface area contributed by atoms with Crippen molar-refractivity contribution >= 4 is 52.1 Å². The second-order valence-corrected chi connectivity index (χ2v) is 12.6. The number of benzene rings is 1. The molecule has 2 fully saturated rings. The summed E-state index contributed by atoms with van der Waals surface area (Å²) in [6, 6.07) is 5.92. The van der Waals surface area contributed by atoms with Crippen molar-refractivity contribution in [3.63, 3.8) is 0 Å². The third-order valence-electron chi connectivity index (χ3n) is 8.55. The number of carboxylic acids is 2. The van der Waals surface area contributed by atoms with Gasteiger partial charge in [0.05, 0.1) is 17.9 Å². The molecule has 2 aliphatic rings. The number of likely N-dealkylation sites (tertiary alicyclic amines) is 1. The van der Waals surface area contributed by atoms with Gasteiger partial charge in [-0.3, -0.25) is 9.69 Å². The molecule has 0 spiro atoms. The molecular weight excluding hydrogens is 636 g/mol. The van der Waals surface area contributed by atoms with Crippen molar-refractivity contribution in [1.29, 1.82) is 0 Å². The standard InChI is InChI=1S/C28H36Cl2N6O2.C2HF3O2/c1-17-15-35(12-10-24(17)34-11-4-5-20(16-34)6-9-26(37)38)25-14-31-27-18(2)33-36(28(27)32-25)19(3)22-8-7-21(29)13-23(22)30;3-2(4,5)1(6)7/h7-8,13-14,17,19-20,24H,4-6,9-12,15-16H2,1-3H3,(H,37,38);(H,6,7)/t17-,19?,20-,24+;/m0./s1. The van der Waals surface area contributed by atoms with Crippen LogP contribution in [-0.4, -0.2) is 85.2 Å². The van der Waals surface area contributed by atoms with Gasteiger partial charge in [0.1, 0.15) is 11.3 Å². The Kier molecular flexibility index (Phi) is 11.2. The molecule has 10 nitrogen and oxygen atoms in total. The summed E-state index contributed by atoms with van der Waals surface area (Å²) in [6.45, 7) is 10.3. The number of carboxylic acid groups (broad SMARTS) is 2. The molecule has 1 aromatic carbocycles. The molecule has 1 unspecified atom stereocenters. The number of hydrogen-bond acceptors (Lipinski definition) is 7. The van der Waals surface area contributed by atoms with Crippen molar-refractivity contribution in [2.24, 2.45) is 11.8 Å². The van der Waals surface area contributed by atoms with Gasteiger partial charge in [-0.1, -0.05) is 36.2 Å². The van der Waals surface area contributed by atoms with Crippen LogP contribution in [-0.2, 0) is 9.59 Å². The maximum atomic E-state index is 11.0. The van der Waals surface area contributed by atoms with Gasteiger partial charge in [-0.2, -0.15) is 18.3 Å². The Labute approximate surface area is 269 Å². The molecule has 0 bridgehead atoms. The van der Waals surface area contributed by atoms with Crippen LogP contribution in [0.5, 0.6) is 0 Å². The highest BCUT2D eigenvalue weighted by molar-refractivity contribution is 6.35. The number of carbonyl (C=O) groups is 2. The summed E-state index contributed by atoms with van der Waals surface area (Å²) in [5, 5.41) is 22.2. The quantitative estimate of drug-likeness (QED) is 0.290. The highest BCUT2D eigenvalue weighted by atomic mass is 35.5. The molecule has 0 saturated carbocycles. The fourth-order valence-corrected chi connectivity index (χ4v) is 6.85. The lowest BCUT2D eigenvalue weighted by molar-refractivity contribution is -0.192. The van der Waals surface area contributed by atoms with E-state index in [9.17, 15) is 18.0 Å². The van der Waals surface area contributed by atoms with Crippen LogP contribution in [0.3, 0.4) is 0 Å². The topological polar surface area (TPSA) is 125 Å². The van der Waals surface area contributed by atoms with Gasteiger partial charge in [-0.05, 0) is 75.6 Å². The van der Waals surface area contributed by atoms with Crippen LogP contribution in [0.4, 0.5) is 19.0 Å². The lowest BCUT2D eigenvalue weighted by Crippen LogP contribution is -2.53. The molecule has 5 rings (SSSR count). The summed E-state index contributed by atoms with van der Waals surface area (Å²) in [4.78, 5) is 34.7. The Hall–Kier alpha value is -3.16. The lowest BCUT2D eigenvalue weighted by atomic mass is 9.87. The third-order valence-corrected chi connectivity index (χ3v) is 9.11. The number of fused-ring (bicyclic) bond motifs is 1. The summed E-state index contributed by atoms with van der Waals surface area (Å²) < 4.78 is 33.7. The zero-order chi connectivity index (χ0) is 33.1. The summed E-state index contributed by atoms with van der Waals surface area (Å²) in [6.07, 6.45) is 1.19. The van der Waals surface area contributed by atoms with Gasteiger partial charge in [-0.25, -0.2) is 19.4 Å². The molecule has 0 aliphatic carbocycles. The molecule has 4 heterocycles. The lowest BCUT2D eigenvalue weighted by Gasteiger charge is -2.46. The third kappa shape index (κ3) is 8.56. The van der Waals surface area contributed by atoms with Gasteiger partial charge in [0.15, 0.2) is 5.65 Å². The normalized spacial score (nSPS) is 21.7. The van der Waals surface area contributed by atoms with Gasteiger partial charge in [-0.15, -0.1) is 0 Å². The number of rotatable bonds is 7. The first-order valence-corrected chi connectivity index (χ1v) is 15.6. The minimum absolute atomic E-state index is 0.127. The van der Waals surface area contributed by atoms with Crippen LogP contribution in [0, 0.1) is 18.8 Å². The van der Waals surface area contributed by atoms with Crippen LogP contribution < -0.4 is 4.90 Å². The Morgan fingerprint density at radius 3 is 2.47 bits per heavy atom. The predicted octanol–water partition coefficient (Wildman–Crippen LogP) is 6.48. The first-order valence-electron chi connectivity index (χ1n) is 14.8. The number of piperidine rings is 2. The van der Waals surface area contributed by atoms with Crippen LogP contribution in [0.1, 0.15) is 63.3 Å². The van der Waals surface area contributed by atoms with E-state index in [1.54, 1.807) is 6.07 Å². The maximum absolute atomic E-state index is 11.0. The highest BCUT2D eigenvalue weighted by Crippen LogP contribution is 2.33. The van der Waals surface area contributed by atoms with E-state index in [0.717, 1.165) is 80.1 Å². The zero-order valence-corrected chi connectivity index (χ0v) is 26.8. The summed E-state index contributed by atoms with van der Waals surface area (Å²) in [5.41, 5.74) is 3.33. The van der Waals surface area contributed by atoms with Gasteiger partial charge >= 0.3 is 18.1 Å². The average molecular weight is 674 g/mol. The smallest absolute Gasteiger partial charge is 0.481 e. The van der Waals surface area contributed by atoms with Crippen LogP contribution in [0.25, 0.3) is 11.2 Å². The van der Waals surface area contributed by atoms with Crippen LogP contribution in [0.15, 0.2) is 24.4 Å². The fourth-order valence-electron chi connectivity index (χ4n) is 6.28. The Bertz CT molecular complexity index is 1520. The molecule has 3 aromatic rings. The zero-order valence-electron chi connectivity index (χ0n) is 25.3. The van der Waals surface area contributed by atoms with E-state index < -0.39 is 18.1 Å². The minimum atomic E-state index is -5.08. The predicted molar refractivity (Wildman–Crippen MR) is 165 cm³/mol. The van der Waals surface area contributed by atoms with Crippen molar-refractivity contribution in [3.05, 3.63) is 45.7 Å². The van der Waals surface area contributed by atoms with Gasteiger partial charge in [0.2, 0.25) is 0 Å². The number of halogens is 5. The van der Waals surface area contributed by atoms with Crippen molar-refractivity contribution in [3.8, 4) is 0 Å². The Morgan fingerprint density at radius 1 is 1.13 bits per heavy atom. The van der Waals surface area contributed by atoms with E-state index in [4.69, 9.17) is 53.3 Å². The van der Waals surface area contributed by atoms with Gasteiger partial charge < -0.3 is 15.1 Å². The average Bonchev–Trinajstić information content (AvgIpc) is 3.31. The largest absolute Gasteiger partial charge is 0.490 e.